The van der Waals surface area contributed by atoms with Gasteiger partial charge in [-0.05, 0) is 66.8 Å². The number of ether oxygens (including phenoxy) is 1. The number of nitro groups is 1. The Bertz CT molecular complexity index is 1570. The molecular weight excluding hydrogens is 460 g/mol. The molecule has 0 bridgehead atoms. The number of hydrogen-bond acceptors (Lipinski definition) is 6. The third-order valence-electron chi connectivity index (χ3n) is 6.78. The highest BCUT2D eigenvalue weighted by Gasteiger charge is 2.42. The Balaban J connectivity index is 1.64. The van der Waals surface area contributed by atoms with Crippen molar-refractivity contribution in [2.75, 3.05) is 13.7 Å². The molecule has 1 aliphatic heterocycles. The van der Waals surface area contributed by atoms with Gasteiger partial charge in [0.2, 0.25) is 5.76 Å². The summed E-state index contributed by atoms with van der Waals surface area (Å²) in [4.78, 5) is 39.9. The van der Waals surface area contributed by atoms with Gasteiger partial charge in [0, 0.05) is 18.7 Å². The molecule has 1 atom stereocenters. The van der Waals surface area contributed by atoms with Crippen molar-refractivity contribution in [1.82, 2.24) is 4.90 Å². The molecule has 36 heavy (non-hydrogen) atoms. The molecule has 0 N–H and O–H groups in total. The first kappa shape index (κ1) is 23.3. The predicted octanol–water partition coefficient (Wildman–Crippen LogP) is 5.11. The van der Waals surface area contributed by atoms with E-state index in [1.54, 1.807) is 36.3 Å². The first-order chi connectivity index (χ1) is 17.3. The molecule has 8 heteroatoms. The van der Waals surface area contributed by atoms with Gasteiger partial charge in [0.05, 0.1) is 29.0 Å². The first-order valence-electron chi connectivity index (χ1n) is 11.5. The molecule has 0 fully saturated rings. The van der Waals surface area contributed by atoms with Crippen LogP contribution in [0.15, 0.2) is 69.9 Å². The van der Waals surface area contributed by atoms with Gasteiger partial charge >= 0.3 is 0 Å². The summed E-state index contributed by atoms with van der Waals surface area (Å²) in [5.41, 5.74) is 3.50. The van der Waals surface area contributed by atoms with Crippen LogP contribution in [0.5, 0.6) is 5.75 Å². The molecule has 0 aliphatic carbocycles. The lowest BCUT2D eigenvalue weighted by molar-refractivity contribution is -0.384. The normalized spacial score (nSPS) is 14.8. The first-order valence-corrected chi connectivity index (χ1v) is 11.5. The molecule has 0 saturated heterocycles. The van der Waals surface area contributed by atoms with Crippen molar-refractivity contribution in [3.63, 3.8) is 0 Å². The summed E-state index contributed by atoms with van der Waals surface area (Å²) in [6.45, 7) is 4.11. The van der Waals surface area contributed by atoms with Gasteiger partial charge in [0.25, 0.3) is 11.6 Å². The van der Waals surface area contributed by atoms with Crippen molar-refractivity contribution in [2.24, 2.45) is 0 Å². The number of amides is 1. The Kier molecular flexibility index (Phi) is 5.80. The lowest BCUT2D eigenvalue weighted by Crippen LogP contribution is -2.31. The van der Waals surface area contributed by atoms with Crippen molar-refractivity contribution in [3.05, 3.63) is 115 Å². The molecule has 8 nitrogen and oxygen atoms in total. The summed E-state index contributed by atoms with van der Waals surface area (Å²) in [7, 11) is 1.59. The van der Waals surface area contributed by atoms with Crippen molar-refractivity contribution in [1.29, 1.82) is 0 Å². The number of nitro benzene ring substituents is 1. The second-order valence-corrected chi connectivity index (χ2v) is 8.96. The fraction of sp³-hybridized carbons (Fsp3) is 0.214. The van der Waals surface area contributed by atoms with Crippen LogP contribution in [0.3, 0.4) is 0 Å². The van der Waals surface area contributed by atoms with E-state index < -0.39 is 16.9 Å². The van der Waals surface area contributed by atoms with Crippen LogP contribution in [-0.2, 0) is 6.42 Å². The lowest BCUT2D eigenvalue weighted by Gasteiger charge is -2.25. The summed E-state index contributed by atoms with van der Waals surface area (Å²) in [5, 5.41) is 11.9. The maximum atomic E-state index is 13.7. The van der Waals surface area contributed by atoms with Crippen molar-refractivity contribution < 1.29 is 18.9 Å². The molecular formula is C28H24N2O6. The predicted molar refractivity (Wildman–Crippen MR) is 135 cm³/mol. The summed E-state index contributed by atoms with van der Waals surface area (Å²) in [6.07, 6.45) is 0.515. The van der Waals surface area contributed by atoms with E-state index in [1.807, 2.05) is 38.1 Å². The zero-order valence-electron chi connectivity index (χ0n) is 20.1. The van der Waals surface area contributed by atoms with E-state index in [2.05, 4.69) is 0 Å². The van der Waals surface area contributed by atoms with Gasteiger partial charge in [-0.2, -0.15) is 0 Å². The molecule has 0 radical (unpaired) electrons. The fourth-order valence-corrected chi connectivity index (χ4v) is 4.70. The van der Waals surface area contributed by atoms with Crippen molar-refractivity contribution >= 4 is 22.6 Å². The van der Waals surface area contributed by atoms with Gasteiger partial charge in [-0.3, -0.25) is 19.7 Å². The standard InChI is InChI=1S/C28H24N2O6/c1-16-13-22-23(14-17(16)2)36-27-24(26(22)31)25(19-5-4-6-20(15-19)30(33)34)29(28(27)32)12-11-18-7-9-21(35-3)10-8-18/h4-10,13-15,25H,11-12H2,1-3H3. The number of fused-ring (bicyclic) bond motifs is 2. The molecule has 1 amide bonds. The van der Waals surface area contributed by atoms with E-state index in [4.69, 9.17) is 9.15 Å². The number of carbonyl (C=O) groups excluding carboxylic acids is 1. The van der Waals surface area contributed by atoms with Crippen LogP contribution in [-0.4, -0.2) is 29.4 Å². The van der Waals surface area contributed by atoms with E-state index in [0.717, 1.165) is 22.4 Å². The fourth-order valence-electron chi connectivity index (χ4n) is 4.70. The number of benzene rings is 3. The zero-order valence-corrected chi connectivity index (χ0v) is 20.1. The second kappa shape index (κ2) is 8.96. The van der Waals surface area contributed by atoms with Crippen LogP contribution in [0.1, 0.15) is 44.4 Å². The number of aryl methyl sites for hydroxylation is 2. The molecule has 0 spiro atoms. The highest BCUT2D eigenvalue weighted by atomic mass is 16.6. The van der Waals surface area contributed by atoms with Crippen LogP contribution in [0.4, 0.5) is 5.69 Å². The minimum Gasteiger partial charge on any atom is -0.497 e. The average molecular weight is 485 g/mol. The molecule has 1 aromatic heterocycles. The van der Waals surface area contributed by atoms with Crippen LogP contribution < -0.4 is 10.2 Å². The highest BCUT2D eigenvalue weighted by Crippen LogP contribution is 2.39. The Morgan fingerprint density at radius 2 is 1.75 bits per heavy atom. The molecule has 3 aromatic carbocycles. The van der Waals surface area contributed by atoms with Gasteiger partial charge in [0.15, 0.2) is 5.43 Å². The average Bonchev–Trinajstić information content (AvgIpc) is 3.16. The molecule has 182 valence electrons. The minimum absolute atomic E-state index is 0.0120. The number of hydrogen-bond donors (Lipinski definition) is 0. The molecule has 1 unspecified atom stereocenters. The van der Waals surface area contributed by atoms with Crippen LogP contribution in [0, 0.1) is 24.0 Å². The third kappa shape index (κ3) is 3.90. The van der Waals surface area contributed by atoms with E-state index >= 15 is 0 Å². The van der Waals surface area contributed by atoms with Crippen LogP contribution in [0.25, 0.3) is 11.0 Å². The van der Waals surface area contributed by atoms with Crippen LogP contribution in [0.2, 0.25) is 0 Å². The Labute approximate surface area is 206 Å². The third-order valence-corrected chi connectivity index (χ3v) is 6.78. The maximum absolute atomic E-state index is 13.7. The number of non-ortho nitro benzene ring substituents is 1. The number of rotatable bonds is 6. The zero-order chi connectivity index (χ0) is 25.6. The van der Waals surface area contributed by atoms with Gasteiger partial charge in [0.1, 0.15) is 11.3 Å². The van der Waals surface area contributed by atoms with E-state index in [1.165, 1.54) is 12.1 Å². The minimum atomic E-state index is -0.798. The highest BCUT2D eigenvalue weighted by molar-refractivity contribution is 5.99. The summed E-state index contributed by atoms with van der Waals surface area (Å²) in [5.74, 6) is 0.305. The quantitative estimate of drug-likeness (QED) is 0.278. The van der Waals surface area contributed by atoms with Gasteiger partial charge < -0.3 is 14.1 Å². The van der Waals surface area contributed by atoms with Gasteiger partial charge in [-0.15, -0.1) is 0 Å². The molecule has 5 rings (SSSR count). The van der Waals surface area contributed by atoms with E-state index in [9.17, 15) is 19.7 Å². The Morgan fingerprint density at radius 3 is 2.44 bits per heavy atom. The number of nitrogens with zero attached hydrogens (tertiary/aromatic N) is 2. The topological polar surface area (TPSA) is 103 Å². The van der Waals surface area contributed by atoms with E-state index in [0.29, 0.717) is 23.0 Å². The van der Waals surface area contributed by atoms with Crippen molar-refractivity contribution in [3.8, 4) is 5.75 Å². The number of carbonyl (C=O) groups is 1. The smallest absolute Gasteiger partial charge is 0.290 e. The Morgan fingerprint density at radius 1 is 1.03 bits per heavy atom. The lowest BCUT2D eigenvalue weighted by atomic mass is 9.97. The van der Waals surface area contributed by atoms with Crippen LogP contribution >= 0.6 is 0 Å². The molecule has 4 aromatic rings. The molecule has 2 heterocycles. The largest absolute Gasteiger partial charge is 0.497 e. The van der Waals surface area contributed by atoms with Crippen molar-refractivity contribution in [2.45, 2.75) is 26.3 Å². The van der Waals surface area contributed by atoms with Gasteiger partial charge in [-0.25, -0.2) is 0 Å². The molecule has 0 saturated carbocycles. The SMILES string of the molecule is COc1ccc(CCN2C(=O)c3oc4cc(C)c(C)cc4c(=O)c3C2c2cccc([N+](=O)[O-])c2)cc1. The molecule has 1 aliphatic rings. The summed E-state index contributed by atoms with van der Waals surface area (Å²) < 4.78 is 11.2. The van der Waals surface area contributed by atoms with E-state index in [-0.39, 0.29) is 29.0 Å². The monoisotopic (exact) mass is 484 g/mol. The maximum Gasteiger partial charge on any atom is 0.290 e. The Hall–Kier alpha value is -4.46. The summed E-state index contributed by atoms with van der Waals surface area (Å²) >= 11 is 0. The summed E-state index contributed by atoms with van der Waals surface area (Å²) in [6, 6.07) is 16.3. The number of methoxy groups -OCH3 is 1. The van der Waals surface area contributed by atoms with Gasteiger partial charge in [-0.1, -0.05) is 24.3 Å². The second-order valence-electron chi connectivity index (χ2n) is 8.96.